The summed E-state index contributed by atoms with van der Waals surface area (Å²) in [5, 5.41) is 2.94. The van der Waals surface area contributed by atoms with E-state index in [9.17, 15) is 4.79 Å². The lowest BCUT2D eigenvalue weighted by Gasteiger charge is -2.06. The summed E-state index contributed by atoms with van der Waals surface area (Å²) >= 11 is 0. The van der Waals surface area contributed by atoms with E-state index in [0.29, 0.717) is 6.42 Å². The van der Waals surface area contributed by atoms with Crippen LogP contribution in [0.25, 0.3) is 5.65 Å². The van der Waals surface area contributed by atoms with Gasteiger partial charge in [0.05, 0.1) is 11.4 Å². The fourth-order valence-electron chi connectivity index (χ4n) is 2.43. The number of fused-ring (bicyclic) bond motifs is 1. The van der Waals surface area contributed by atoms with E-state index in [1.165, 1.54) is 11.1 Å². The first kappa shape index (κ1) is 14.3. The van der Waals surface area contributed by atoms with Crippen LogP contribution in [0.15, 0.2) is 48.8 Å². The van der Waals surface area contributed by atoms with Crippen molar-refractivity contribution in [3.05, 3.63) is 65.6 Å². The molecule has 0 aliphatic heterocycles. The van der Waals surface area contributed by atoms with E-state index in [1.54, 1.807) is 0 Å². The zero-order valence-electron chi connectivity index (χ0n) is 12.8. The smallest absolute Gasteiger partial charge is 0.224 e. The summed E-state index contributed by atoms with van der Waals surface area (Å²) in [6.45, 7) is 4.01. The zero-order valence-corrected chi connectivity index (χ0v) is 12.8. The number of rotatable bonds is 4. The Labute approximate surface area is 129 Å². The molecule has 1 amide bonds. The fraction of sp³-hybridized carbons (Fsp3) is 0.222. The predicted molar refractivity (Wildman–Crippen MR) is 88.1 cm³/mol. The Kier molecular flexibility index (Phi) is 3.92. The van der Waals surface area contributed by atoms with E-state index in [1.807, 2.05) is 35.9 Å². The second-order valence-corrected chi connectivity index (χ2v) is 5.60. The maximum atomic E-state index is 12.1. The predicted octanol–water partition coefficient (Wildman–Crippen LogP) is 3.52. The standard InChI is InChI=1S/C18H19N3O/c1-13-3-5-15(6-4-13)7-10-18(22)20-16-8-9-17-19-14(2)11-21(17)12-16/h3-6,8-9,11-12H,7,10H2,1-2H3,(H,20,22). The second kappa shape index (κ2) is 6.02. The maximum absolute atomic E-state index is 12.1. The Morgan fingerprint density at radius 1 is 1.09 bits per heavy atom. The van der Waals surface area contributed by atoms with Gasteiger partial charge in [-0.1, -0.05) is 29.8 Å². The van der Waals surface area contributed by atoms with Crippen molar-refractivity contribution in [2.75, 3.05) is 5.32 Å². The molecule has 3 aromatic rings. The maximum Gasteiger partial charge on any atom is 0.224 e. The van der Waals surface area contributed by atoms with E-state index in [-0.39, 0.29) is 5.91 Å². The van der Waals surface area contributed by atoms with Crippen LogP contribution in [0.1, 0.15) is 23.2 Å². The number of carbonyl (C=O) groups excluding carboxylic acids is 1. The number of amides is 1. The van der Waals surface area contributed by atoms with Crippen molar-refractivity contribution >= 4 is 17.2 Å². The molecule has 112 valence electrons. The number of aromatic nitrogens is 2. The zero-order chi connectivity index (χ0) is 15.5. The van der Waals surface area contributed by atoms with Crippen LogP contribution in [0.4, 0.5) is 5.69 Å². The molecule has 0 saturated carbocycles. The molecule has 4 heteroatoms. The monoisotopic (exact) mass is 293 g/mol. The van der Waals surface area contributed by atoms with Gasteiger partial charge in [0, 0.05) is 18.8 Å². The van der Waals surface area contributed by atoms with Crippen LogP contribution in [-0.4, -0.2) is 15.3 Å². The van der Waals surface area contributed by atoms with Gasteiger partial charge in [-0.3, -0.25) is 4.79 Å². The van der Waals surface area contributed by atoms with Gasteiger partial charge >= 0.3 is 0 Å². The first-order valence-electron chi connectivity index (χ1n) is 7.41. The van der Waals surface area contributed by atoms with Crippen molar-refractivity contribution in [3.8, 4) is 0 Å². The average Bonchev–Trinajstić information content (AvgIpc) is 2.86. The third-order valence-electron chi connectivity index (χ3n) is 3.62. The van der Waals surface area contributed by atoms with E-state index in [2.05, 4.69) is 41.5 Å². The van der Waals surface area contributed by atoms with Crippen LogP contribution in [-0.2, 0) is 11.2 Å². The molecule has 3 rings (SSSR count). The largest absolute Gasteiger partial charge is 0.325 e. The molecule has 0 fully saturated rings. The molecular formula is C18H19N3O. The topological polar surface area (TPSA) is 46.4 Å². The molecule has 0 aliphatic rings. The number of nitrogens with zero attached hydrogens (tertiary/aromatic N) is 2. The highest BCUT2D eigenvalue weighted by Gasteiger charge is 2.05. The summed E-state index contributed by atoms with van der Waals surface area (Å²) in [7, 11) is 0. The molecule has 0 atom stereocenters. The Morgan fingerprint density at radius 2 is 1.86 bits per heavy atom. The van der Waals surface area contributed by atoms with E-state index in [0.717, 1.165) is 23.4 Å². The SMILES string of the molecule is Cc1ccc(CCC(=O)Nc2ccc3nc(C)cn3c2)cc1. The minimum Gasteiger partial charge on any atom is -0.325 e. The van der Waals surface area contributed by atoms with Crippen LogP contribution in [0, 0.1) is 13.8 Å². The van der Waals surface area contributed by atoms with E-state index >= 15 is 0 Å². The highest BCUT2D eigenvalue weighted by molar-refractivity contribution is 5.90. The third-order valence-corrected chi connectivity index (χ3v) is 3.62. The molecular weight excluding hydrogens is 274 g/mol. The van der Waals surface area contributed by atoms with Gasteiger partial charge in [0.15, 0.2) is 0 Å². The second-order valence-electron chi connectivity index (χ2n) is 5.60. The van der Waals surface area contributed by atoms with Gasteiger partial charge in [0.2, 0.25) is 5.91 Å². The third kappa shape index (κ3) is 3.34. The lowest BCUT2D eigenvalue weighted by atomic mass is 10.1. The molecule has 22 heavy (non-hydrogen) atoms. The Morgan fingerprint density at radius 3 is 2.64 bits per heavy atom. The average molecular weight is 293 g/mol. The van der Waals surface area contributed by atoms with Crippen LogP contribution in [0.5, 0.6) is 0 Å². The number of hydrogen-bond acceptors (Lipinski definition) is 2. The van der Waals surface area contributed by atoms with E-state index in [4.69, 9.17) is 0 Å². The van der Waals surface area contributed by atoms with E-state index < -0.39 is 0 Å². The molecule has 0 bridgehead atoms. The molecule has 0 spiro atoms. The molecule has 1 N–H and O–H groups in total. The van der Waals surface area contributed by atoms with Gasteiger partial charge in [0.1, 0.15) is 5.65 Å². The van der Waals surface area contributed by atoms with Gasteiger partial charge in [0.25, 0.3) is 0 Å². The summed E-state index contributed by atoms with van der Waals surface area (Å²) in [5.41, 5.74) is 5.05. The van der Waals surface area contributed by atoms with Gasteiger partial charge < -0.3 is 9.72 Å². The van der Waals surface area contributed by atoms with Crippen molar-refractivity contribution in [2.45, 2.75) is 26.7 Å². The molecule has 0 aliphatic carbocycles. The van der Waals surface area contributed by atoms with Crippen molar-refractivity contribution in [1.29, 1.82) is 0 Å². The number of imidazole rings is 1. The van der Waals surface area contributed by atoms with Crippen LogP contribution < -0.4 is 5.32 Å². The number of carbonyl (C=O) groups is 1. The highest BCUT2D eigenvalue weighted by atomic mass is 16.1. The van der Waals surface area contributed by atoms with Gasteiger partial charge in [-0.25, -0.2) is 4.98 Å². The lowest BCUT2D eigenvalue weighted by molar-refractivity contribution is -0.116. The number of pyridine rings is 1. The summed E-state index contributed by atoms with van der Waals surface area (Å²) in [6.07, 6.45) is 5.05. The molecule has 0 saturated heterocycles. The number of benzene rings is 1. The Bertz CT molecular complexity index is 803. The Balaban J connectivity index is 1.61. The summed E-state index contributed by atoms with van der Waals surface area (Å²) in [4.78, 5) is 16.4. The van der Waals surface area contributed by atoms with Crippen molar-refractivity contribution in [3.63, 3.8) is 0 Å². The molecule has 2 aromatic heterocycles. The number of aryl methyl sites for hydroxylation is 3. The molecule has 0 radical (unpaired) electrons. The minimum atomic E-state index is 0.0248. The normalized spacial score (nSPS) is 10.8. The fourth-order valence-corrected chi connectivity index (χ4v) is 2.43. The van der Waals surface area contributed by atoms with Crippen LogP contribution >= 0.6 is 0 Å². The lowest BCUT2D eigenvalue weighted by Crippen LogP contribution is -2.12. The quantitative estimate of drug-likeness (QED) is 0.800. The van der Waals surface area contributed by atoms with Crippen molar-refractivity contribution in [1.82, 2.24) is 9.38 Å². The highest BCUT2D eigenvalue weighted by Crippen LogP contribution is 2.12. The minimum absolute atomic E-state index is 0.0248. The molecule has 0 unspecified atom stereocenters. The number of hydrogen-bond donors (Lipinski definition) is 1. The Hall–Kier alpha value is -2.62. The number of nitrogens with one attached hydrogen (secondary N) is 1. The van der Waals surface area contributed by atoms with Gasteiger partial charge in [-0.05, 0) is 38.0 Å². The molecule has 1 aromatic carbocycles. The summed E-state index contributed by atoms with van der Waals surface area (Å²) in [6, 6.07) is 12.1. The first-order valence-corrected chi connectivity index (χ1v) is 7.41. The van der Waals surface area contributed by atoms with Gasteiger partial charge in [-0.2, -0.15) is 0 Å². The molecule has 2 heterocycles. The van der Waals surface area contributed by atoms with Crippen molar-refractivity contribution in [2.24, 2.45) is 0 Å². The number of anilines is 1. The van der Waals surface area contributed by atoms with Crippen molar-refractivity contribution < 1.29 is 4.79 Å². The summed E-state index contributed by atoms with van der Waals surface area (Å²) < 4.78 is 1.92. The first-order chi connectivity index (χ1) is 10.6. The molecule has 4 nitrogen and oxygen atoms in total. The van der Waals surface area contributed by atoms with Crippen LogP contribution in [0.3, 0.4) is 0 Å². The summed E-state index contributed by atoms with van der Waals surface area (Å²) in [5.74, 6) is 0.0248. The van der Waals surface area contributed by atoms with Gasteiger partial charge in [-0.15, -0.1) is 0 Å². The van der Waals surface area contributed by atoms with Crippen LogP contribution in [0.2, 0.25) is 0 Å².